The molecular formula is C11H16O3S. The number of benzene rings is 1. The van der Waals surface area contributed by atoms with Crippen molar-refractivity contribution in [3.63, 3.8) is 0 Å². The first-order valence-electron chi connectivity index (χ1n) is 4.77. The van der Waals surface area contributed by atoms with Gasteiger partial charge >= 0.3 is 0 Å². The van der Waals surface area contributed by atoms with E-state index in [-0.39, 0.29) is 6.61 Å². The fourth-order valence-electron chi connectivity index (χ4n) is 1.51. The molecule has 0 fully saturated rings. The lowest BCUT2D eigenvalue weighted by Crippen LogP contribution is -2.05. The van der Waals surface area contributed by atoms with Crippen LogP contribution < -0.4 is 0 Å². The summed E-state index contributed by atoms with van der Waals surface area (Å²) in [6.07, 6.45) is 1.57. The highest BCUT2D eigenvalue weighted by atomic mass is 32.2. The number of aliphatic hydroxyl groups excluding tert-OH is 1. The van der Waals surface area contributed by atoms with E-state index in [4.69, 9.17) is 5.11 Å². The number of hydrogen-bond acceptors (Lipinski definition) is 3. The molecule has 0 atom stereocenters. The van der Waals surface area contributed by atoms with E-state index in [1.165, 1.54) is 6.26 Å². The molecule has 0 saturated heterocycles. The van der Waals surface area contributed by atoms with Gasteiger partial charge in [-0.15, -0.1) is 0 Å². The predicted molar refractivity (Wildman–Crippen MR) is 59.8 cm³/mol. The van der Waals surface area contributed by atoms with E-state index in [0.29, 0.717) is 16.9 Å². The SMILES string of the molecule is Cc1cc(CCO)c(S(C)(=O)=O)cc1C. The Kier molecular flexibility index (Phi) is 3.52. The fraction of sp³-hybridized carbons (Fsp3) is 0.455. The molecule has 15 heavy (non-hydrogen) atoms. The van der Waals surface area contributed by atoms with Crippen molar-refractivity contribution in [2.75, 3.05) is 12.9 Å². The second-order valence-corrected chi connectivity index (χ2v) is 5.77. The largest absolute Gasteiger partial charge is 0.396 e. The first-order chi connectivity index (χ1) is 6.86. The Labute approximate surface area is 90.7 Å². The molecule has 0 radical (unpaired) electrons. The molecule has 1 aromatic rings. The molecular weight excluding hydrogens is 212 g/mol. The maximum absolute atomic E-state index is 11.5. The summed E-state index contributed by atoms with van der Waals surface area (Å²) < 4.78 is 23.0. The van der Waals surface area contributed by atoms with Crippen molar-refractivity contribution in [2.24, 2.45) is 0 Å². The molecule has 0 spiro atoms. The molecule has 4 heteroatoms. The standard InChI is InChI=1S/C11H16O3S/c1-8-6-10(4-5-12)11(7-9(8)2)15(3,13)14/h6-7,12H,4-5H2,1-3H3. The van der Waals surface area contributed by atoms with Crippen LogP contribution in [0.4, 0.5) is 0 Å². The Morgan fingerprint density at radius 1 is 1.20 bits per heavy atom. The minimum absolute atomic E-state index is 0.0367. The van der Waals surface area contributed by atoms with Crippen molar-refractivity contribution in [2.45, 2.75) is 25.2 Å². The molecule has 0 heterocycles. The average Bonchev–Trinajstić information content (AvgIpc) is 2.09. The molecule has 1 rings (SSSR count). The van der Waals surface area contributed by atoms with Crippen molar-refractivity contribution >= 4 is 9.84 Å². The van der Waals surface area contributed by atoms with Crippen molar-refractivity contribution in [1.82, 2.24) is 0 Å². The zero-order chi connectivity index (χ0) is 11.6. The van der Waals surface area contributed by atoms with E-state index < -0.39 is 9.84 Å². The summed E-state index contributed by atoms with van der Waals surface area (Å²) in [6.45, 7) is 3.78. The van der Waals surface area contributed by atoms with Gasteiger partial charge in [0.15, 0.2) is 9.84 Å². The van der Waals surface area contributed by atoms with Crippen LogP contribution in [0.5, 0.6) is 0 Å². The second kappa shape index (κ2) is 4.33. The van der Waals surface area contributed by atoms with Gasteiger partial charge in [-0.05, 0) is 43.0 Å². The van der Waals surface area contributed by atoms with Crippen LogP contribution >= 0.6 is 0 Å². The van der Waals surface area contributed by atoms with Gasteiger partial charge in [-0.3, -0.25) is 0 Å². The number of sulfone groups is 1. The zero-order valence-corrected chi connectivity index (χ0v) is 10.1. The summed E-state index contributed by atoms with van der Waals surface area (Å²) in [7, 11) is -3.21. The van der Waals surface area contributed by atoms with Crippen molar-refractivity contribution in [3.8, 4) is 0 Å². The quantitative estimate of drug-likeness (QED) is 0.847. The molecule has 0 aliphatic rings. The Morgan fingerprint density at radius 3 is 2.20 bits per heavy atom. The lowest BCUT2D eigenvalue weighted by atomic mass is 10.0. The van der Waals surface area contributed by atoms with E-state index in [1.807, 2.05) is 19.9 Å². The van der Waals surface area contributed by atoms with Gasteiger partial charge in [0, 0.05) is 12.9 Å². The van der Waals surface area contributed by atoms with E-state index >= 15 is 0 Å². The Bertz CT molecular complexity index is 461. The van der Waals surface area contributed by atoms with Gasteiger partial charge in [0.2, 0.25) is 0 Å². The third-order valence-electron chi connectivity index (χ3n) is 2.46. The van der Waals surface area contributed by atoms with Gasteiger partial charge in [-0.2, -0.15) is 0 Å². The molecule has 3 nitrogen and oxygen atoms in total. The van der Waals surface area contributed by atoms with Gasteiger partial charge in [0.25, 0.3) is 0 Å². The Balaban J connectivity index is 3.42. The smallest absolute Gasteiger partial charge is 0.175 e. The molecule has 84 valence electrons. The summed E-state index contributed by atoms with van der Waals surface area (Å²) in [6, 6.07) is 3.51. The number of rotatable bonds is 3. The fourth-order valence-corrected chi connectivity index (χ4v) is 2.54. The molecule has 0 amide bonds. The molecule has 0 bridgehead atoms. The monoisotopic (exact) mass is 228 g/mol. The van der Waals surface area contributed by atoms with E-state index in [9.17, 15) is 8.42 Å². The molecule has 1 aromatic carbocycles. The molecule has 1 N–H and O–H groups in total. The Hall–Kier alpha value is -0.870. The highest BCUT2D eigenvalue weighted by molar-refractivity contribution is 7.90. The van der Waals surface area contributed by atoms with E-state index in [1.54, 1.807) is 6.07 Å². The van der Waals surface area contributed by atoms with Gasteiger partial charge in [-0.25, -0.2) is 8.42 Å². The highest BCUT2D eigenvalue weighted by Gasteiger charge is 2.14. The van der Waals surface area contributed by atoms with Crippen LogP contribution in [0.3, 0.4) is 0 Å². The van der Waals surface area contributed by atoms with Crippen molar-refractivity contribution < 1.29 is 13.5 Å². The van der Waals surface area contributed by atoms with Crippen LogP contribution in [0.25, 0.3) is 0 Å². The highest BCUT2D eigenvalue weighted by Crippen LogP contribution is 2.21. The topological polar surface area (TPSA) is 54.4 Å². The van der Waals surface area contributed by atoms with Gasteiger partial charge in [0.1, 0.15) is 0 Å². The van der Waals surface area contributed by atoms with Crippen molar-refractivity contribution in [3.05, 3.63) is 28.8 Å². The van der Waals surface area contributed by atoms with Crippen LogP contribution in [-0.4, -0.2) is 26.4 Å². The molecule has 0 saturated carbocycles. The predicted octanol–water partition coefficient (Wildman–Crippen LogP) is 1.24. The van der Waals surface area contributed by atoms with Crippen LogP contribution in [0, 0.1) is 13.8 Å². The minimum Gasteiger partial charge on any atom is -0.396 e. The van der Waals surface area contributed by atoms with Crippen LogP contribution in [0.15, 0.2) is 17.0 Å². The average molecular weight is 228 g/mol. The lowest BCUT2D eigenvalue weighted by Gasteiger charge is -2.10. The van der Waals surface area contributed by atoms with Gasteiger partial charge in [-0.1, -0.05) is 6.07 Å². The molecule has 0 unspecified atom stereocenters. The molecule has 0 aliphatic heterocycles. The van der Waals surface area contributed by atoms with Crippen LogP contribution in [-0.2, 0) is 16.3 Å². The first-order valence-corrected chi connectivity index (χ1v) is 6.66. The first kappa shape index (κ1) is 12.2. The summed E-state index contributed by atoms with van der Waals surface area (Å²) in [4.78, 5) is 0.333. The maximum atomic E-state index is 11.5. The zero-order valence-electron chi connectivity index (χ0n) is 9.24. The number of aliphatic hydroxyl groups is 1. The third kappa shape index (κ3) is 2.79. The lowest BCUT2D eigenvalue weighted by molar-refractivity contribution is 0.298. The Morgan fingerprint density at radius 2 is 1.73 bits per heavy atom. The molecule has 0 aliphatic carbocycles. The van der Waals surface area contributed by atoms with Gasteiger partial charge < -0.3 is 5.11 Å². The van der Waals surface area contributed by atoms with Gasteiger partial charge in [0.05, 0.1) is 4.90 Å². The minimum atomic E-state index is -3.21. The number of aryl methyl sites for hydroxylation is 2. The molecule has 0 aromatic heterocycles. The van der Waals surface area contributed by atoms with E-state index in [2.05, 4.69) is 0 Å². The summed E-state index contributed by atoms with van der Waals surface area (Å²) in [5, 5.41) is 8.88. The normalized spacial score (nSPS) is 11.7. The maximum Gasteiger partial charge on any atom is 0.175 e. The van der Waals surface area contributed by atoms with Crippen molar-refractivity contribution in [1.29, 1.82) is 0 Å². The number of hydrogen-bond donors (Lipinski definition) is 1. The van der Waals surface area contributed by atoms with Crippen LogP contribution in [0.1, 0.15) is 16.7 Å². The summed E-state index contributed by atoms with van der Waals surface area (Å²) in [5.74, 6) is 0. The van der Waals surface area contributed by atoms with E-state index in [0.717, 1.165) is 11.1 Å². The summed E-state index contributed by atoms with van der Waals surface area (Å²) >= 11 is 0. The second-order valence-electron chi connectivity index (χ2n) is 3.79. The summed E-state index contributed by atoms with van der Waals surface area (Å²) in [5.41, 5.74) is 2.70. The van der Waals surface area contributed by atoms with Crippen LogP contribution in [0.2, 0.25) is 0 Å². The third-order valence-corrected chi connectivity index (χ3v) is 3.64.